The Morgan fingerprint density at radius 3 is 2.42 bits per heavy atom. The Bertz CT molecular complexity index is 263. The largest absolute Gasteiger partial charge is 0.483 e. The van der Waals surface area contributed by atoms with E-state index in [4.69, 9.17) is 21.5 Å². The van der Waals surface area contributed by atoms with Crippen LogP contribution in [0.2, 0.25) is 5.02 Å². The first kappa shape index (κ1) is 10.9. The second kappa shape index (κ2) is 5.55. The van der Waals surface area contributed by atoms with Crippen molar-refractivity contribution in [3.8, 4) is 0 Å². The van der Waals surface area contributed by atoms with Crippen molar-refractivity contribution in [2.24, 2.45) is 0 Å². The molecule has 1 aromatic carbocycles. The van der Waals surface area contributed by atoms with Gasteiger partial charge in [-0.2, -0.15) is 0 Å². The standard InChI is InChI=1S/C7H6ClF.CH2O2/c1-5-4-6(8)2-3-7(5)9;2-1-3/h2-4H,1H3;1H,(H,2,3). The van der Waals surface area contributed by atoms with E-state index in [0.717, 1.165) is 0 Å². The fourth-order valence-electron chi connectivity index (χ4n) is 0.608. The van der Waals surface area contributed by atoms with Crippen LogP contribution in [0.4, 0.5) is 4.39 Å². The molecule has 0 unspecified atom stereocenters. The van der Waals surface area contributed by atoms with Gasteiger partial charge in [-0.25, -0.2) is 4.39 Å². The topological polar surface area (TPSA) is 37.3 Å². The smallest absolute Gasteiger partial charge is 0.290 e. The van der Waals surface area contributed by atoms with E-state index in [0.29, 0.717) is 10.6 Å². The molecule has 0 bridgehead atoms. The average Bonchev–Trinajstić information content (AvgIpc) is 1.99. The highest BCUT2D eigenvalue weighted by Crippen LogP contribution is 2.12. The molecular weight excluding hydrogens is 183 g/mol. The van der Waals surface area contributed by atoms with Gasteiger partial charge in [0.05, 0.1) is 0 Å². The second-order valence-electron chi connectivity index (χ2n) is 2.00. The maximum atomic E-state index is 12.4. The molecule has 0 heterocycles. The van der Waals surface area contributed by atoms with Crippen LogP contribution in [0.3, 0.4) is 0 Å². The van der Waals surface area contributed by atoms with E-state index in [1.54, 1.807) is 13.0 Å². The third-order valence-corrected chi connectivity index (χ3v) is 1.36. The molecule has 0 atom stereocenters. The van der Waals surface area contributed by atoms with Crippen molar-refractivity contribution < 1.29 is 14.3 Å². The first-order valence-electron chi connectivity index (χ1n) is 3.11. The van der Waals surface area contributed by atoms with Crippen LogP contribution >= 0.6 is 11.6 Å². The van der Waals surface area contributed by atoms with Crippen LogP contribution in [0.1, 0.15) is 5.56 Å². The molecule has 0 fully saturated rings. The molecule has 12 heavy (non-hydrogen) atoms. The molecule has 0 spiro atoms. The van der Waals surface area contributed by atoms with Crippen molar-refractivity contribution in [1.82, 2.24) is 0 Å². The number of carboxylic acid groups (broad SMARTS) is 1. The molecule has 0 amide bonds. The summed E-state index contributed by atoms with van der Waals surface area (Å²) in [6.45, 7) is 1.43. The number of rotatable bonds is 0. The fraction of sp³-hybridized carbons (Fsp3) is 0.125. The van der Waals surface area contributed by atoms with Crippen LogP contribution in [-0.4, -0.2) is 11.6 Å². The number of hydrogen-bond donors (Lipinski definition) is 1. The molecule has 0 aliphatic heterocycles. The van der Waals surface area contributed by atoms with Crippen LogP contribution in [0.15, 0.2) is 18.2 Å². The molecule has 1 aromatic rings. The second-order valence-corrected chi connectivity index (χ2v) is 2.44. The lowest BCUT2D eigenvalue weighted by Crippen LogP contribution is -1.78. The number of hydrogen-bond acceptors (Lipinski definition) is 1. The summed E-state index contributed by atoms with van der Waals surface area (Å²) in [5.74, 6) is -0.209. The number of carbonyl (C=O) groups is 1. The quantitative estimate of drug-likeness (QED) is 0.639. The van der Waals surface area contributed by atoms with Crippen molar-refractivity contribution in [2.75, 3.05) is 0 Å². The van der Waals surface area contributed by atoms with E-state index >= 15 is 0 Å². The first-order valence-corrected chi connectivity index (χ1v) is 3.49. The maximum Gasteiger partial charge on any atom is 0.290 e. The van der Waals surface area contributed by atoms with Gasteiger partial charge >= 0.3 is 0 Å². The lowest BCUT2D eigenvalue weighted by Gasteiger charge is -1.93. The maximum absolute atomic E-state index is 12.4. The van der Waals surface area contributed by atoms with E-state index in [1.165, 1.54) is 12.1 Å². The van der Waals surface area contributed by atoms with Gasteiger partial charge in [-0.3, -0.25) is 4.79 Å². The molecular formula is C8H8ClFO2. The van der Waals surface area contributed by atoms with Crippen LogP contribution in [0.25, 0.3) is 0 Å². The Hall–Kier alpha value is -1.09. The Morgan fingerprint density at radius 1 is 1.58 bits per heavy atom. The first-order chi connectivity index (χ1) is 5.61. The minimum atomic E-state index is -0.250. The summed E-state index contributed by atoms with van der Waals surface area (Å²) in [6.07, 6.45) is 0. The van der Waals surface area contributed by atoms with Gasteiger partial charge in [-0.1, -0.05) is 11.6 Å². The number of aryl methyl sites for hydroxylation is 1. The van der Waals surface area contributed by atoms with Crippen molar-refractivity contribution in [3.05, 3.63) is 34.6 Å². The molecule has 0 aliphatic rings. The van der Waals surface area contributed by atoms with Gasteiger partial charge in [0.2, 0.25) is 0 Å². The van der Waals surface area contributed by atoms with Gasteiger partial charge in [-0.15, -0.1) is 0 Å². The third kappa shape index (κ3) is 3.93. The number of halogens is 2. The molecule has 4 heteroatoms. The Balaban J connectivity index is 0.000000354. The summed E-state index contributed by atoms with van der Waals surface area (Å²) in [6, 6.07) is 4.48. The highest BCUT2D eigenvalue weighted by Gasteiger charge is 1.94. The Labute approximate surface area is 74.6 Å². The molecule has 0 aliphatic carbocycles. The SMILES string of the molecule is Cc1cc(Cl)ccc1F.O=CO. The van der Waals surface area contributed by atoms with Crippen molar-refractivity contribution >= 4 is 18.1 Å². The lowest BCUT2D eigenvalue weighted by molar-refractivity contribution is -0.122. The van der Waals surface area contributed by atoms with Gasteiger partial charge in [-0.05, 0) is 30.7 Å². The summed E-state index contributed by atoms with van der Waals surface area (Å²) >= 11 is 5.55. The molecule has 0 saturated carbocycles. The van der Waals surface area contributed by atoms with Crippen LogP contribution < -0.4 is 0 Å². The zero-order chi connectivity index (χ0) is 9.56. The summed E-state index contributed by atoms with van der Waals surface area (Å²) in [5, 5.41) is 7.47. The molecule has 66 valence electrons. The van der Waals surface area contributed by atoms with Crippen LogP contribution in [-0.2, 0) is 4.79 Å². The molecule has 1 N–H and O–H groups in total. The van der Waals surface area contributed by atoms with Crippen molar-refractivity contribution in [3.63, 3.8) is 0 Å². The van der Waals surface area contributed by atoms with Crippen molar-refractivity contribution in [1.29, 1.82) is 0 Å². The highest BCUT2D eigenvalue weighted by molar-refractivity contribution is 6.30. The summed E-state index contributed by atoms with van der Waals surface area (Å²) < 4.78 is 12.4. The normalized spacial score (nSPS) is 8.25. The number of benzene rings is 1. The van der Waals surface area contributed by atoms with Gasteiger partial charge < -0.3 is 5.11 Å². The fourth-order valence-corrected chi connectivity index (χ4v) is 0.835. The van der Waals surface area contributed by atoms with Gasteiger partial charge in [0.15, 0.2) is 0 Å². The molecule has 2 nitrogen and oxygen atoms in total. The van der Waals surface area contributed by atoms with Crippen LogP contribution in [0.5, 0.6) is 0 Å². The average molecular weight is 191 g/mol. The van der Waals surface area contributed by atoms with E-state index in [9.17, 15) is 4.39 Å². The summed E-state index contributed by atoms with van der Waals surface area (Å²) in [4.78, 5) is 8.36. The van der Waals surface area contributed by atoms with Gasteiger partial charge in [0.1, 0.15) is 5.82 Å². The zero-order valence-corrected chi connectivity index (χ0v) is 7.18. The molecule has 0 saturated heterocycles. The highest BCUT2D eigenvalue weighted by atomic mass is 35.5. The van der Waals surface area contributed by atoms with E-state index < -0.39 is 0 Å². The predicted molar refractivity (Wildman–Crippen MR) is 44.8 cm³/mol. The van der Waals surface area contributed by atoms with Gasteiger partial charge in [0.25, 0.3) is 6.47 Å². The molecule has 0 aromatic heterocycles. The molecule has 1 rings (SSSR count). The summed E-state index contributed by atoms with van der Waals surface area (Å²) in [7, 11) is 0. The zero-order valence-electron chi connectivity index (χ0n) is 6.42. The van der Waals surface area contributed by atoms with Crippen molar-refractivity contribution in [2.45, 2.75) is 6.92 Å². The third-order valence-electron chi connectivity index (χ3n) is 1.12. The van der Waals surface area contributed by atoms with E-state index in [2.05, 4.69) is 0 Å². The Kier molecular flexibility index (Phi) is 5.04. The monoisotopic (exact) mass is 190 g/mol. The van der Waals surface area contributed by atoms with Gasteiger partial charge in [0, 0.05) is 5.02 Å². The van der Waals surface area contributed by atoms with Crippen LogP contribution in [0, 0.1) is 12.7 Å². The molecule has 0 radical (unpaired) electrons. The van der Waals surface area contributed by atoms with E-state index in [1.807, 2.05) is 0 Å². The minimum Gasteiger partial charge on any atom is -0.483 e. The Morgan fingerprint density at radius 2 is 2.08 bits per heavy atom. The lowest BCUT2D eigenvalue weighted by atomic mass is 10.2. The summed E-state index contributed by atoms with van der Waals surface area (Å²) in [5.41, 5.74) is 0.586. The van der Waals surface area contributed by atoms with E-state index in [-0.39, 0.29) is 12.3 Å². The minimum absolute atomic E-state index is 0.209. The predicted octanol–water partition coefficient (Wildman–Crippen LogP) is 2.49.